The second-order valence-electron chi connectivity index (χ2n) is 6.45. The molecule has 15 N–H and O–H groups in total. The number of aliphatic imine (C=N–C) groups is 1. The number of carbonyl (C=O) groups is 4. The molecule has 30 heavy (non-hydrogen) atoms. The molecule has 0 aromatic rings. The van der Waals surface area contributed by atoms with Gasteiger partial charge in [0.25, 0.3) is 0 Å². The van der Waals surface area contributed by atoms with Gasteiger partial charge >= 0.3 is 17.9 Å². The third-order valence-corrected chi connectivity index (χ3v) is 3.31. The molecular formula is C16H35N7O7. The zero-order valence-electron chi connectivity index (χ0n) is 17.2. The smallest absolute Gasteiger partial charge is 0.320 e. The number of carboxylic acid groups (broad SMARTS) is 3. The Morgan fingerprint density at radius 2 is 1.23 bits per heavy atom. The number of aliphatic carboxylic acids is 3. The molecule has 0 aromatic carbocycles. The van der Waals surface area contributed by atoms with Gasteiger partial charge in [-0.05, 0) is 25.2 Å². The van der Waals surface area contributed by atoms with Gasteiger partial charge in [-0.1, -0.05) is 13.8 Å². The Hall–Kier alpha value is -2.97. The van der Waals surface area contributed by atoms with Gasteiger partial charge in [-0.2, -0.15) is 0 Å². The number of rotatable bonds is 11. The maximum atomic E-state index is 10.2. The molecule has 0 saturated heterocycles. The van der Waals surface area contributed by atoms with Gasteiger partial charge in [0.2, 0.25) is 5.91 Å². The van der Waals surface area contributed by atoms with Crippen LogP contribution in [0.2, 0.25) is 0 Å². The molecule has 0 spiro atoms. The molecule has 0 radical (unpaired) electrons. The normalized spacial score (nSPS) is 12.7. The first kappa shape index (κ1) is 31.7. The van der Waals surface area contributed by atoms with Crippen molar-refractivity contribution in [3.63, 3.8) is 0 Å². The van der Waals surface area contributed by atoms with Crippen LogP contribution in [0, 0.1) is 5.92 Å². The zero-order valence-corrected chi connectivity index (χ0v) is 17.2. The summed E-state index contributed by atoms with van der Waals surface area (Å²) in [5.41, 5.74) is 30.3. The molecular weight excluding hydrogens is 402 g/mol. The number of hydrogen-bond acceptors (Lipinski definition) is 8. The summed E-state index contributed by atoms with van der Waals surface area (Å²) in [5, 5.41) is 24.8. The van der Waals surface area contributed by atoms with Crippen LogP contribution >= 0.6 is 0 Å². The predicted molar refractivity (Wildman–Crippen MR) is 110 cm³/mol. The molecule has 176 valence electrons. The van der Waals surface area contributed by atoms with Crippen LogP contribution in [0.5, 0.6) is 0 Å². The topological polar surface area (TPSA) is 297 Å². The van der Waals surface area contributed by atoms with Gasteiger partial charge in [0.1, 0.15) is 18.1 Å². The Labute approximate surface area is 174 Å². The Balaban J connectivity index is -0.000000372. The van der Waals surface area contributed by atoms with E-state index in [-0.39, 0.29) is 24.7 Å². The Morgan fingerprint density at radius 3 is 1.50 bits per heavy atom. The fourth-order valence-electron chi connectivity index (χ4n) is 1.35. The number of carboxylic acids is 3. The maximum Gasteiger partial charge on any atom is 0.320 e. The third-order valence-electron chi connectivity index (χ3n) is 3.31. The highest BCUT2D eigenvalue weighted by molar-refractivity contribution is 5.77. The molecule has 1 amide bonds. The first-order chi connectivity index (χ1) is 13.6. The molecule has 0 aromatic heterocycles. The number of amides is 1. The fourth-order valence-corrected chi connectivity index (χ4v) is 1.35. The van der Waals surface area contributed by atoms with Crippen molar-refractivity contribution in [2.24, 2.45) is 45.3 Å². The summed E-state index contributed by atoms with van der Waals surface area (Å²) in [6.07, 6.45) is 1.08. The minimum atomic E-state index is -1.11. The molecule has 14 nitrogen and oxygen atoms in total. The van der Waals surface area contributed by atoms with E-state index < -0.39 is 41.9 Å². The molecule has 0 aliphatic heterocycles. The third kappa shape index (κ3) is 23.1. The van der Waals surface area contributed by atoms with Crippen LogP contribution in [0.25, 0.3) is 0 Å². The Bertz CT molecular complexity index is 566. The first-order valence-corrected chi connectivity index (χ1v) is 8.92. The average molecular weight is 437 g/mol. The van der Waals surface area contributed by atoms with Crippen molar-refractivity contribution in [1.82, 2.24) is 0 Å². The predicted octanol–water partition coefficient (Wildman–Crippen LogP) is -2.83. The molecule has 0 aliphatic rings. The second-order valence-corrected chi connectivity index (χ2v) is 6.45. The highest BCUT2D eigenvalue weighted by Crippen LogP contribution is 1.96. The zero-order chi connectivity index (χ0) is 24.4. The standard InChI is InChI=1S/C6H14N4O2.C5H10N2O3.C5H11NO2/c7-4(5(11)12)2-1-3-10-6(8)9;6-3(5(9)10)1-2-4(7)8;1-3(2)4(6)5(7)8/h4H,1-3,7H2,(H,11,12)(H4,8,9,10);3H,1-2,6H2,(H2,7,8)(H,9,10);3-4H,6H2,1-2H3,(H,7,8)/t4-;3-;4-/m000/s1. The van der Waals surface area contributed by atoms with Gasteiger partial charge in [0.15, 0.2) is 5.96 Å². The van der Waals surface area contributed by atoms with E-state index in [1.54, 1.807) is 13.8 Å². The van der Waals surface area contributed by atoms with Crippen molar-refractivity contribution in [3.05, 3.63) is 0 Å². The van der Waals surface area contributed by atoms with Crippen molar-refractivity contribution in [2.75, 3.05) is 6.54 Å². The van der Waals surface area contributed by atoms with E-state index in [0.29, 0.717) is 19.4 Å². The quantitative estimate of drug-likeness (QED) is 0.0897. The summed E-state index contributed by atoms with van der Waals surface area (Å²) in [6, 6.07) is -2.51. The van der Waals surface area contributed by atoms with Crippen LogP contribution in [0.3, 0.4) is 0 Å². The highest BCUT2D eigenvalue weighted by Gasteiger charge is 2.14. The van der Waals surface area contributed by atoms with E-state index in [4.69, 9.17) is 49.7 Å². The van der Waals surface area contributed by atoms with Crippen LogP contribution in [-0.2, 0) is 19.2 Å². The van der Waals surface area contributed by atoms with Crippen molar-refractivity contribution in [3.8, 4) is 0 Å². The number of nitrogens with two attached hydrogens (primary N) is 6. The second kappa shape index (κ2) is 18.1. The van der Waals surface area contributed by atoms with E-state index in [9.17, 15) is 19.2 Å². The maximum absolute atomic E-state index is 10.2. The number of primary amides is 1. The summed E-state index contributed by atoms with van der Waals surface area (Å²) in [4.78, 5) is 44.0. The van der Waals surface area contributed by atoms with E-state index in [1.807, 2.05) is 0 Å². The average Bonchev–Trinajstić information content (AvgIpc) is 2.62. The molecule has 0 bridgehead atoms. The lowest BCUT2D eigenvalue weighted by Crippen LogP contribution is -2.34. The van der Waals surface area contributed by atoms with Crippen LogP contribution in [0.4, 0.5) is 0 Å². The minimum absolute atomic E-state index is 0.0129. The molecule has 0 unspecified atom stereocenters. The molecule has 0 aliphatic carbocycles. The summed E-state index contributed by atoms with van der Waals surface area (Å²) in [7, 11) is 0. The molecule has 0 heterocycles. The summed E-state index contributed by atoms with van der Waals surface area (Å²) >= 11 is 0. The largest absolute Gasteiger partial charge is 0.480 e. The fraction of sp³-hybridized carbons (Fsp3) is 0.688. The minimum Gasteiger partial charge on any atom is -0.480 e. The van der Waals surface area contributed by atoms with Gasteiger partial charge in [-0.3, -0.25) is 24.2 Å². The molecule has 0 saturated carbocycles. The summed E-state index contributed by atoms with van der Waals surface area (Å²) in [6.45, 7) is 3.97. The van der Waals surface area contributed by atoms with E-state index >= 15 is 0 Å². The lowest BCUT2D eigenvalue weighted by Gasteiger charge is -2.07. The first-order valence-electron chi connectivity index (χ1n) is 8.92. The van der Waals surface area contributed by atoms with Crippen LogP contribution in [0.1, 0.15) is 39.5 Å². The van der Waals surface area contributed by atoms with Gasteiger partial charge in [-0.15, -0.1) is 0 Å². The van der Waals surface area contributed by atoms with Gasteiger partial charge in [0.05, 0.1) is 0 Å². The number of hydrogen-bond donors (Lipinski definition) is 9. The highest BCUT2D eigenvalue weighted by atomic mass is 16.4. The van der Waals surface area contributed by atoms with Crippen LogP contribution < -0.4 is 34.4 Å². The summed E-state index contributed by atoms with van der Waals surface area (Å²) < 4.78 is 0. The van der Waals surface area contributed by atoms with Crippen molar-refractivity contribution >= 4 is 29.8 Å². The molecule has 0 rings (SSSR count). The van der Waals surface area contributed by atoms with Crippen molar-refractivity contribution in [2.45, 2.75) is 57.7 Å². The van der Waals surface area contributed by atoms with Crippen LogP contribution in [-0.4, -0.2) is 69.8 Å². The van der Waals surface area contributed by atoms with E-state index in [2.05, 4.69) is 4.99 Å². The van der Waals surface area contributed by atoms with Crippen molar-refractivity contribution in [1.29, 1.82) is 0 Å². The number of nitrogens with zero attached hydrogens (tertiary/aromatic N) is 1. The molecule has 3 atom stereocenters. The Kier molecular flexibility index (Phi) is 19.1. The lowest BCUT2D eigenvalue weighted by atomic mass is 10.1. The number of carbonyl (C=O) groups excluding carboxylic acids is 1. The molecule has 14 heteroatoms. The lowest BCUT2D eigenvalue weighted by molar-refractivity contribution is -0.140. The van der Waals surface area contributed by atoms with Crippen molar-refractivity contribution < 1.29 is 34.5 Å². The van der Waals surface area contributed by atoms with Crippen LogP contribution in [0.15, 0.2) is 4.99 Å². The van der Waals surface area contributed by atoms with E-state index in [1.165, 1.54) is 0 Å². The molecule has 0 fully saturated rings. The number of guanidine groups is 1. The Morgan fingerprint density at radius 1 is 0.800 bits per heavy atom. The van der Waals surface area contributed by atoms with E-state index in [0.717, 1.165) is 0 Å². The summed E-state index contributed by atoms with van der Waals surface area (Å²) in [5.74, 6) is -3.54. The van der Waals surface area contributed by atoms with Gasteiger partial charge < -0.3 is 49.7 Å². The SMILES string of the molecule is CC(C)[C@H](N)C(=O)O.NC(=O)CC[C@H](N)C(=O)O.NC(N)=NCCC[C@H](N)C(=O)O. The monoisotopic (exact) mass is 437 g/mol. The van der Waals surface area contributed by atoms with Gasteiger partial charge in [-0.25, -0.2) is 0 Å². The van der Waals surface area contributed by atoms with Gasteiger partial charge in [0, 0.05) is 13.0 Å².